The summed E-state index contributed by atoms with van der Waals surface area (Å²) in [6.07, 6.45) is 2.57. The van der Waals surface area contributed by atoms with E-state index in [0.29, 0.717) is 6.42 Å². The summed E-state index contributed by atoms with van der Waals surface area (Å²) in [6.45, 7) is 0. The third-order valence-corrected chi connectivity index (χ3v) is 4.21. The summed E-state index contributed by atoms with van der Waals surface area (Å²) < 4.78 is 0. The van der Waals surface area contributed by atoms with Crippen molar-refractivity contribution in [2.45, 2.75) is 31.3 Å². The van der Waals surface area contributed by atoms with E-state index in [-0.39, 0.29) is 23.7 Å². The zero-order valence-electron chi connectivity index (χ0n) is 10.2. The molecule has 2 aliphatic heterocycles. The van der Waals surface area contributed by atoms with Crippen molar-refractivity contribution < 1.29 is 14.8 Å². The quantitative estimate of drug-likeness (QED) is 0.665. The maximum absolute atomic E-state index is 11.2. The largest absolute Gasteiger partial charge is 0.481 e. The zero-order chi connectivity index (χ0) is 13.6. The first-order valence-corrected chi connectivity index (χ1v) is 6.33. The van der Waals surface area contributed by atoms with Crippen LogP contribution in [0.25, 0.3) is 0 Å². The average Bonchev–Trinajstić information content (AvgIpc) is 2.96. The highest BCUT2D eigenvalue weighted by Gasteiger charge is 2.49. The van der Waals surface area contributed by atoms with Crippen molar-refractivity contribution in [2.24, 2.45) is 5.92 Å². The second kappa shape index (κ2) is 4.22. The number of anilines is 1. The van der Waals surface area contributed by atoms with E-state index in [1.807, 2.05) is 0 Å². The van der Waals surface area contributed by atoms with Crippen LogP contribution in [0.2, 0.25) is 0 Å². The predicted octanol–water partition coefficient (Wildman–Crippen LogP) is 2.04. The van der Waals surface area contributed by atoms with E-state index in [4.69, 9.17) is 0 Å². The van der Waals surface area contributed by atoms with Gasteiger partial charge in [-0.25, -0.2) is 0 Å². The molecule has 0 amide bonds. The van der Waals surface area contributed by atoms with Gasteiger partial charge in [0.05, 0.1) is 10.8 Å². The molecule has 2 fully saturated rings. The van der Waals surface area contributed by atoms with Gasteiger partial charge in [-0.15, -0.1) is 0 Å². The summed E-state index contributed by atoms with van der Waals surface area (Å²) in [5.41, 5.74) is 0.951. The summed E-state index contributed by atoms with van der Waals surface area (Å²) in [7, 11) is 0. The van der Waals surface area contributed by atoms with Crippen LogP contribution in [0.15, 0.2) is 24.3 Å². The molecule has 0 spiro atoms. The average molecular weight is 262 g/mol. The van der Waals surface area contributed by atoms with Crippen LogP contribution in [0.3, 0.4) is 0 Å². The monoisotopic (exact) mass is 262 g/mol. The molecule has 0 aliphatic carbocycles. The van der Waals surface area contributed by atoms with Crippen LogP contribution in [0.5, 0.6) is 0 Å². The highest BCUT2D eigenvalue weighted by Crippen LogP contribution is 2.44. The summed E-state index contributed by atoms with van der Waals surface area (Å²) in [4.78, 5) is 23.5. The summed E-state index contributed by atoms with van der Waals surface area (Å²) in [6, 6.07) is 6.67. The van der Waals surface area contributed by atoms with Crippen LogP contribution in [-0.2, 0) is 4.79 Å². The molecule has 19 heavy (non-hydrogen) atoms. The van der Waals surface area contributed by atoms with E-state index in [9.17, 15) is 20.0 Å². The van der Waals surface area contributed by atoms with Crippen molar-refractivity contribution in [1.82, 2.24) is 0 Å². The zero-order valence-corrected chi connectivity index (χ0v) is 10.2. The van der Waals surface area contributed by atoms with E-state index in [1.165, 1.54) is 12.1 Å². The lowest BCUT2D eigenvalue weighted by Crippen LogP contribution is -2.32. The summed E-state index contributed by atoms with van der Waals surface area (Å²) >= 11 is 0. The van der Waals surface area contributed by atoms with Gasteiger partial charge in [0.2, 0.25) is 0 Å². The molecule has 1 aromatic carbocycles. The van der Waals surface area contributed by atoms with Gasteiger partial charge in [0, 0.05) is 29.9 Å². The first-order valence-electron chi connectivity index (χ1n) is 6.33. The molecule has 2 aliphatic rings. The molecule has 0 aromatic heterocycles. The number of hydrogen-bond donors (Lipinski definition) is 1. The number of non-ortho nitro benzene ring substituents is 1. The first kappa shape index (κ1) is 12.0. The maximum Gasteiger partial charge on any atom is 0.308 e. The number of benzene rings is 1. The molecule has 2 heterocycles. The second-order valence-electron chi connectivity index (χ2n) is 5.16. The molecular formula is C13H14N2O4. The van der Waals surface area contributed by atoms with Gasteiger partial charge in [0.1, 0.15) is 0 Å². The number of fused-ring (bicyclic) bond motifs is 2. The van der Waals surface area contributed by atoms with Crippen molar-refractivity contribution in [1.29, 1.82) is 0 Å². The van der Waals surface area contributed by atoms with Crippen molar-refractivity contribution in [3.63, 3.8) is 0 Å². The second-order valence-corrected chi connectivity index (χ2v) is 5.16. The van der Waals surface area contributed by atoms with Gasteiger partial charge in [0.25, 0.3) is 5.69 Å². The first-order chi connectivity index (χ1) is 9.08. The van der Waals surface area contributed by atoms with E-state index in [0.717, 1.165) is 18.5 Å². The molecule has 1 N–H and O–H groups in total. The number of rotatable bonds is 3. The molecule has 6 heteroatoms. The summed E-state index contributed by atoms with van der Waals surface area (Å²) in [5, 5.41) is 19.8. The number of nitro benzene ring substituents is 1. The Morgan fingerprint density at radius 3 is 2.53 bits per heavy atom. The van der Waals surface area contributed by atoms with Gasteiger partial charge in [-0.2, -0.15) is 0 Å². The Balaban J connectivity index is 1.87. The van der Waals surface area contributed by atoms with Crippen LogP contribution in [0.1, 0.15) is 19.3 Å². The van der Waals surface area contributed by atoms with Gasteiger partial charge >= 0.3 is 5.97 Å². The molecule has 0 saturated carbocycles. The van der Waals surface area contributed by atoms with E-state index >= 15 is 0 Å². The molecule has 1 aromatic rings. The molecule has 3 unspecified atom stereocenters. The lowest BCUT2D eigenvalue weighted by atomic mass is 9.89. The Kier molecular flexibility index (Phi) is 2.66. The van der Waals surface area contributed by atoms with Gasteiger partial charge in [-0.3, -0.25) is 14.9 Å². The lowest BCUT2D eigenvalue weighted by molar-refractivity contribution is -0.384. The van der Waals surface area contributed by atoms with Gasteiger partial charge < -0.3 is 10.0 Å². The van der Waals surface area contributed by atoms with Crippen LogP contribution >= 0.6 is 0 Å². The fraction of sp³-hybridized carbons (Fsp3) is 0.462. The Morgan fingerprint density at radius 2 is 2.00 bits per heavy atom. The highest BCUT2D eigenvalue weighted by atomic mass is 16.6. The number of hydrogen-bond acceptors (Lipinski definition) is 4. The number of carboxylic acids is 1. The molecule has 6 nitrogen and oxygen atoms in total. The molecule has 2 bridgehead atoms. The Hall–Kier alpha value is -2.11. The van der Waals surface area contributed by atoms with Crippen LogP contribution in [0, 0.1) is 16.0 Å². The van der Waals surface area contributed by atoms with Crippen molar-refractivity contribution in [3.05, 3.63) is 34.4 Å². The Labute approximate surface area is 109 Å². The van der Waals surface area contributed by atoms with E-state index in [2.05, 4.69) is 4.90 Å². The van der Waals surface area contributed by atoms with Gasteiger partial charge in [0.15, 0.2) is 0 Å². The van der Waals surface area contributed by atoms with E-state index in [1.54, 1.807) is 12.1 Å². The SMILES string of the molecule is O=C(O)C1CC2CCC1N2c1ccc([N+](=O)[O-])cc1. The van der Waals surface area contributed by atoms with Gasteiger partial charge in [-0.1, -0.05) is 0 Å². The minimum atomic E-state index is -0.737. The Morgan fingerprint density at radius 1 is 1.32 bits per heavy atom. The number of nitrogens with zero attached hydrogens (tertiary/aromatic N) is 2. The number of carboxylic acid groups (broad SMARTS) is 1. The molecule has 2 saturated heterocycles. The van der Waals surface area contributed by atoms with Gasteiger partial charge in [-0.05, 0) is 31.4 Å². The molecule has 100 valence electrons. The minimum Gasteiger partial charge on any atom is -0.481 e. The normalized spacial score (nSPS) is 28.6. The third kappa shape index (κ3) is 1.83. The minimum absolute atomic E-state index is 0.0314. The molecule has 3 rings (SSSR count). The number of aliphatic carboxylic acids is 1. The smallest absolute Gasteiger partial charge is 0.308 e. The highest BCUT2D eigenvalue weighted by molar-refractivity contribution is 5.74. The number of carbonyl (C=O) groups is 1. The fourth-order valence-electron chi connectivity index (χ4n) is 3.40. The summed E-state index contributed by atoms with van der Waals surface area (Å²) in [5.74, 6) is -1.05. The standard InChI is InChI=1S/C13H14N2O4/c16-13(17)11-7-10-5-6-12(11)14(10)8-1-3-9(4-2-8)15(18)19/h1-4,10-12H,5-7H2,(H,16,17). The molecular weight excluding hydrogens is 248 g/mol. The molecule has 0 radical (unpaired) electrons. The van der Waals surface area contributed by atoms with Crippen molar-refractivity contribution >= 4 is 17.3 Å². The fourth-order valence-corrected chi connectivity index (χ4v) is 3.40. The van der Waals surface area contributed by atoms with Crippen LogP contribution < -0.4 is 4.90 Å². The lowest BCUT2D eigenvalue weighted by Gasteiger charge is -2.25. The van der Waals surface area contributed by atoms with Crippen molar-refractivity contribution in [2.75, 3.05) is 4.90 Å². The molecule has 3 atom stereocenters. The predicted molar refractivity (Wildman–Crippen MR) is 68.1 cm³/mol. The van der Waals surface area contributed by atoms with Crippen LogP contribution in [0.4, 0.5) is 11.4 Å². The number of nitro groups is 1. The van der Waals surface area contributed by atoms with Crippen LogP contribution in [-0.4, -0.2) is 28.1 Å². The van der Waals surface area contributed by atoms with Crippen molar-refractivity contribution in [3.8, 4) is 0 Å². The maximum atomic E-state index is 11.2. The van der Waals surface area contributed by atoms with E-state index < -0.39 is 10.9 Å². The Bertz CT molecular complexity index is 528. The third-order valence-electron chi connectivity index (χ3n) is 4.21. The topological polar surface area (TPSA) is 83.7 Å².